The van der Waals surface area contributed by atoms with Gasteiger partial charge in [0.1, 0.15) is 5.75 Å². The van der Waals surface area contributed by atoms with E-state index in [1.807, 2.05) is 6.07 Å². The monoisotopic (exact) mass is 320 g/mol. The Morgan fingerprint density at radius 3 is 2.70 bits per heavy atom. The SMILES string of the molecule is O=C(Nc1ccc2[nH]ccc2c1)c1cccc(OC(F)(F)F)c1. The number of halogens is 3. The number of carbonyl (C=O) groups is 1. The number of nitrogens with one attached hydrogen (secondary N) is 2. The largest absolute Gasteiger partial charge is 0.573 e. The lowest BCUT2D eigenvalue weighted by atomic mass is 10.2. The van der Waals surface area contributed by atoms with E-state index in [4.69, 9.17) is 0 Å². The third kappa shape index (κ3) is 3.63. The molecule has 1 aromatic heterocycles. The second-order valence-corrected chi connectivity index (χ2v) is 4.81. The summed E-state index contributed by atoms with van der Waals surface area (Å²) >= 11 is 0. The van der Waals surface area contributed by atoms with Gasteiger partial charge in [-0.1, -0.05) is 6.07 Å². The summed E-state index contributed by atoms with van der Waals surface area (Å²) in [5.74, 6) is -0.959. The first-order valence-electron chi connectivity index (χ1n) is 6.65. The van der Waals surface area contributed by atoms with E-state index in [2.05, 4.69) is 15.0 Å². The van der Waals surface area contributed by atoms with Crippen molar-refractivity contribution in [1.29, 1.82) is 0 Å². The molecule has 0 saturated carbocycles. The van der Waals surface area contributed by atoms with E-state index in [0.717, 1.165) is 23.0 Å². The average molecular weight is 320 g/mol. The number of hydrogen-bond acceptors (Lipinski definition) is 2. The fourth-order valence-electron chi connectivity index (χ4n) is 2.17. The molecule has 0 aliphatic rings. The first-order valence-corrected chi connectivity index (χ1v) is 6.65. The van der Waals surface area contributed by atoms with Crippen molar-refractivity contribution in [1.82, 2.24) is 4.98 Å². The van der Waals surface area contributed by atoms with E-state index in [0.29, 0.717) is 5.69 Å². The Labute approximate surface area is 128 Å². The maximum absolute atomic E-state index is 12.2. The van der Waals surface area contributed by atoms with Crippen LogP contribution in [0.4, 0.5) is 18.9 Å². The normalized spacial score (nSPS) is 11.4. The van der Waals surface area contributed by atoms with Crippen molar-refractivity contribution >= 4 is 22.5 Å². The molecule has 0 unspecified atom stereocenters. The standard InChI is InChI=1S/C16H11F3N2O2/c17-16(18,19)23-13-3-1-2-11(9-13)15(22)21-12-4-5-14-10(8-12)6-7-20-14/h1-9,20H,(H,21,22). The molecule has 1 heterocycles. The number of alkyl halides is 3. The molecule has 1 amide bonds. The van der Waals surface area contributed by atoms with Crippen molar-refractivity contribution in [2.24, 2.45) is 0 Å². The zero-order valence-electron chi connectivity index (χ0n) is 11.6. The van der Waals surface area contributed by atoms with Gasteiger partial charge in [-0.15, -0.1) is 13.2 Å². The number of amides is 1. The van der Waals surface area contributed by atoms with Crippen LogP contribution in [0.25, 0.3) is 10.9 Å². The van der Waals surface area contributed by atoms with Crippen LogP contribution in [-0.2, 0) is 0 Å². The molecule has 0 atom stereocenters. The molecule has 0 saturated heterocycles. The van der Waals surface area contributed by atoms with Crippen LogP contribution < -0.4 is 10.1 Å². The molecular formula is C16H11F3N2O2. The van der Waals surface area contributed by atoms with Crippen LogP contribution in [0.15, 0.2) is 54.7 Å². The number of aromatic amines is 1. The smallest absolute Gasteiger partial charge is 0.406 e. The van der Waals surface area contributed by atoms with Crippen molar-refractivity contribution in [2.45, 2.75) is 6.36 Å². The molecule has 0 aliphatic carbocycles. The lowest BCUT2D eigenvalue weighted by molar-refractivity contribution is -0.274. The molecule has 7 heteroatoms. The van der Waals surface area contributed by atoms with Crippen LogP contribution >= 0.6 is 0 Å². The van der Waals surface area contributed by atoms with Gasteiger partial charge in [-0.25, -0.2) is 0 Å². The average Bonchev–Trinajstić information content (AvgIpc) is 2.93. The Hall–Kier alpha value is -2.96. The molecule has 3 rings (SSSR count). The molecule has 0 aliphatic heterocycles. The van der Waals surface area contributed by atoms with Gasteiger partial charge in [0.15, 0.2) is 0 Å². The molecular weight excluding hydrogens is 309 g/mol. The molecule has 2 N–H and O–H groups in total. The Bertz CT molecular complexity index is 856. The summed E-state index contributed by atoms with van der Waals surface area (Å²) in [7, 11) is 0. The quantitative estimate of drug-likeness (QED) is 0.755. The van der Waals surface area contributed by atoms with E-state index < -0.39 is 18.0 Å². The van der Waals surface area contributed by atoms with Crippen LogP contribution in [0.3, 0.4) is 0 Å². The summed E-state index contributed by atoms with van der Waals surface area (Å²) < 4.78 is 40.4. The molecule has 2 aromatic carbocycles. The van der Waals surface area contributed by atoms with Crippen molar-refractivity contribution in [2.75, 3.05) is 5.32 Å². The molecule has 0 fully saturated rings. The van der Waals surface area contributed by atoms with Crippen molar-refractivity contribution in [3.05, 3.63) is 60.3 Å². The molecule has 3 aromatic rings. The predicted octanol–water partition coefficient (Wildman–Crippen LogP) is 4.32. The van der Waals surface area contributed by atoms with Crippen molar-refractivity contribution in [3.8, 4) is 5.75 Å². The number of ether oxygens (including phenoxy) is 1. The molecule has 118 valence electrons. The van der Waals surface area contributed by atoms with Crippen LogP contribution in [0, 0.1) is 0 Å². The second-order valence-electron chi connectivity index (χ2n) is 4.81. The van der Waals surface area contributed by atoms with Gasteiger partial charge in [0.2, 0.25) is 0 Å². The van der Waals surface area contributed by atoms with Crippen molar-refractivity contribution in [3.63, 3.8) is 0 Å². The van der Waals surface area contributed by atoms with Gasteiger partial charge in [-0.3, -0.25) is 4.79 Å². The first kappa shape index (κ1) is 15.0. The summed E-state index contributed by atoms with van der Waals surface area (Å²) in [5, 5.41) is 3.55. The maximum atomic E-state index is 12.2. The molecule has 0 spiro atoms. The number of fused-ring (bicyclic) bond motifs is 1. The third-order valence-corrected chi connectivity index (χ3v) is 3.14. The van der Waals surface area contributed by atoms with Crippen LogP contribution in [0.2, 0.25) is 0 Å². The second kappa shape index (κ2) is 5.68. The number of benzene rings is 2. The minimum absolute atomic E-state index is 0.0703. The zero-order valence-corrected chi connectivity index (χ0v) is 11.6. The van der Waals surface area contributed by atoms with Crippen molar-refractivity contribution < 1.29 is 22.7 Å². The Balaban J connectivity index is 1.78. The first-order chi connectivity index (χ1) is 10.9. The van der Waals surface area contributed by atoms with Gasteiger partial charge in [0.25, 0.3) is 5.91 Å². The van der Waals surface area contributed by atoms with E-state index in [9.17, 15) is 18.0 Å². The lowest BCUT2D eigenvalue weighted by Gasteiger charge is -2.10. The number of anilines is 1. The summed E-state index contributed by atoms with van der Waals surface area (Å²) in [6, 6.07) is 12.0. The highest BCUT2D eigenvalue weighted by Crippen LogP contribution is 2.24. The summed E-state index contributed by atoms with van der Waals surface area (Å²) in [6.45, 7) is 0. The predicted molar refractivity (Wildman–Crippen MR) is 79.4 cm³/mol. The summed E-state index contributed by atoms with van der Waals surface area (Å²) in [4.78, 5) is 15.2. The topological polar surface area (TPSA) is 54.1 Å². The summed E-state index contributed by atoms with van der Waals surface area (Å²) in [6.07, 6.45) is -3.03. The van der Waals surface area contributed by atoms with Gasteiger partial charge < -0.3 is 15.0 Å². The molecule has 0 bridgehead atoms. The van der Waals surface area contributed by atoms with Gasteiger partial charge in [-0.2, -0.15) is 0 Å². The van der Waals surface area contributed by atoms with Gasteiger partial charge >= 0.3 is 6.36 Å². The van der Waals surface area contributed by atoms with E-state index in [1.54, 1.807) is 24.4 Å². The van der Waals surface area contributed by atoms with Crippen LogP contribution in [0.1, 0.15) is 10.4 Å². The number of aromatic nitrogens is 1. The highest BCUT2D eigenvalue weighted by molar-refractivity contribution is 6.05. The number of hydrogen-bond donors (Lipinski definition) is 2. The Morgan fingerprint density at radius 1 is 1.09 bits per heavy atom. The number of rotatable bonds is 3. The minimum Gasteiger partial charge on any atom is -0.406 e. The van der Waals surface area contributed by atoms with E-state index in [-0.39, 0.29) is 5.56 Å². The lowest BCUT2D eigenvalue weighted by Crippen LogP contribution is -2.18. The Morgan fingerprint density at radius 2 is 1.91 bits per heavy atom. The number of H-pyrrole nitrogens is 1. The zero-order chi connectivity index (χ0) is 16.4. The van der Waals surface area contributed by atoms with Gasteiger partial charge in [-0.05, 0) is 42.5 Å². The van der Waals surface area contributed by atoms with Gasteiger partial charge in [0, 0.05) is 28.4 Å². The molecule has 23 heavy (non-hydrogen) atoms. The fraction of sp³-hybridized carbons (Fsp3) is 0.0625. The molecule has 0 radical (unpaired) electrons. The van der Waals surface area contributed by atoms with E-state index in [1.165, 1.54) is 12.1 Å². The Kier molecular flexibility index (Phi) is 3.69. The maximum Gasteiger partial charge on any atom is 0.573 e. The van der Waals surface area contributed by atoms with Gasteiger partial charge in [0.05, 0.1) is 0 Å². The fourth-order valence-corrected chi connectivity index (χ4v) is 2.17. The molecule has 4 nitrogen and oxygen atoms in total. The van der Waals surface area contributed by atoms with Crippen LogP contribution in [-0.4, -0.2) is 17.3 Å². The number of carbonyl (C=O) groups excluding carboxylic acids is 1. The van der Waals surface area contributed by atoms with E-state index >= 15 is 0 Å². The van der Waals surface area contributed by atoms with Crippen LogP contribution in [0.5, 0.6) is 5.75 Å². The highest BCUT2D eigenvalue weighted by atomic mass is 19.4. The summed E-state index contributed by atoms with van der Waals surface area (Å²) in [5.41, 5.74) is 1.54. The highest BCUT2D eigenvalue weighted by Gasteiger charge is 2.31. The third-order valence-electron chi connectivity index (χ3n) is 3.14. The minimum atomic E-state index is -4.80.